The summed E-state index contributed by atoms with van der Waals surface area (Å²) in [6.07, 6.45) is 7.53. The van der Waals surface area contributed by atoms with Crippen LogP contribution in [-0.2, 0) is 10.2 Å². The van der Waals surface area contributed by atoms with Crippen LogP contribution in [-0.4, -0.2) is 24.5 Å². The number of carbonyl (C=O) groups is 1. The first kappa shape index (κ1) is 17.7. The maximum atomic E-state index is 13.4. The van der Waals surface area contributed by atoms with E-state index in [0.717, 1.165) is 31.2 Å². The van der Waals surface area contributed by atoms with Gasteiger partial charge in [-0.05, 0) is 62.1 Å². The van der Waals surface area contributed by atoms with Crippen molar-refractivity contribution in [3.8, 4) is 0 Å². The Balaban J connectivity index is 0.00000169. The van der Waals surface area contributed by atoms with E-state index in [1.54, 1.807) is 12.1 Å². The highest BCUT2D eigenvalue weighted by Crippen LogP contribution is 2.47. The van der Waals surface area contributed by atoms with E-state index in [9.17, 15) is 9.18 Å². The topological polar surface area (TPSA) is 41.1 Å². The molecule has 1 aromatic carbocycles. The number of rotatable bonds is 5. The lowest BCUT2D eigenvalue weighted by Gasteiger charge is -2.28. The summed E-state index contributed by atoms with van der Waals surface area (Å²) in [5, 5.41) is 6.74. The molecule has 132 valence electrons. The zero-order valence-electron chi connectivity index (χ0n) is 13.9. The molecule has 3 fully saturated rings. The molecule has 1 aromatic rings. The summed E-state index contributed by atoms with van der Waals surface area (Å²) >= 11 is 0. The van der Waals surface area contributed by atoms with E-state index in [0.29, 0.717) is 31.0 Å². The van der Waals surface area contributed by atoms with Gasteiger partial charge in [-0.25, -0.2) is 4.39 Å². The van der Waals surface area contributed by atoms with Gasteiger partial charge in [0.1, 0.15) is 5.82 Å². The number of hydrogen-bond acceptors (Lipinski definition) is 2. The second-order valence-electron chi connectivity index (χ2n) is 7.75. The van der Waals surface area contributed by atoms with Crippen molar-refractivity contribution in [1.29, 1.82) is 0 Å². The third kappa shape index (κ3) is 3.75. The molecule has 5 heteroatoms. The van der Waals surface area contributed by atoms with Crippen LogP contribution in [0.2, 0.25) is 0 Å². The van der Waals surface area contributed by atoms with Crippen LogP contribution in [0.25, 0.3) is 0 Å². The zero-order chi connectivity index (χ0) is 15.9. The van der Waals surface area contributed by atoms with E-state index < -0.39 is 0 Å². The van der Waals surface area contributed by atoms with Crippen LogP contribution in [0.4, 0.5) is 4.39 Å². The van der Waals surface area contributed by atoms with Crippen LogP contribution in [0.1, 0.15) is 50.5 Å². The van der Waals surface area contributed by atoms with Crippen LogP contribution < -0.4 is 10.6 Å². The lowest BCUT2D eigenvalue weighted by atomic mass is 9.89. The summed E-state index contributed by atoms with van der Waals surface area (Å²) in [5.41, 5.74) is 1.00. The molecule has 3 aliphatic rings. The second kappa shape index (κ2) is 7.01. The van der Waals surface area contributed by atoms with Gasteiger partial charge >= 0.3 is 0 Å². The Morgan fingerprint density at radius 1 is 1.25 bits per heavy atom. The van der Waals surface area contributed by atoms with Gasteiger partial charge in [-0.1, -0.05) is 12.1 Å². The van der Waals surface area contributed by atoms with Gasteiger partial charge < -0.3 is 10.6 Å². The zero-order valence-corrected chi connectivity index (χ0v) is 14.7. The fraction of sp³-hybridized carbons (Fsp3) is 0.632. The minimum Gasteiger partial charge on any atom is -0.355 e. The molecule has 0 spiro atoms. The molecule has 24 heavy (non-hydrogen) atoms. The Bertz CT molecular complexity index is 593. The average molecular weight is 353 g/mol. The minimum atomic E-state index is -0.190. The number of benzene rings is 1. The number of halogens is 2. The number of hydrogen-bond donors (Lipinski definition) is 2. The summed E-state index contributed by atoms with van der Waals surface area (Å²) in [5.74, 6) is 0.502. The Kier molecular flexibility index (Phi) is 5.16. The standard InChI is InChI=1S/C19H25FN2O.ClH/c20-15-3-1-2-14(11-15)19(6-7-19)12-21-18(23)10-13-8-16-4-5-17(9-13)22-16;/h1-3,11,13,16-17,22H,4-10,12H2,(H,21,23);1H. The van der Waals surface area contributed by atoms with Gasteiger partial charge in [0.05, 0.1) is 0 Å². The van der Waals surface area contributed by atoms with Crippen molar-refractivity contribution in [2.24, 2.45) is 5.92 Å². The van der Waals surface area contributed by atoms with E-state index >= 15 is 0 Å². The third-order valence-electron chi connectivity index (χ3n) is 5.96. The van der Waals surface area contributed by atoms with Crippen molar-refractivity contribution in [2.45, 2.75) is 62.4 Å². The van der Waals surface area contributed by atoms with Crippen molar-refractivity contribution in [3.63, 3.8) is 0 Å². The molecule has 2 N–H and O–H groups in total. The Hall–Kier alpha value is -1.13. The van der Waals surface area contributed by atoms with Crippen molar-refractivity contribution in [3.05, 3.63) is 35.6 Å². The van der Waals surface area contributed by atoms with Crippen LogP contribution in [0.5, 0.6) is 0 Å². The van der Waals surface area contributed by atoms with Crippen LogP contribution in [0.15, 0.2) is 24.3 Å². The molecule has 3 nitrogen and oxygen atoms in total. The lowest BCUT2D eigenvalue weighted by Crippen LogP contribution is -2.40. The summed E-state index contributed by atoms with van der Waals surface area (Å²) in [4.78, 5) is 12.3. The van der Waals surface area contributed by atoms with Crippen LogP contribution >= 0.6 is 12.4 Å². The highest BCUT2D eigenvalue weighted by molar-refractivity contribution is 5.85. The quantitative estimate of drug-likeness (QED) is 0.853. The molecule has 1 saturated carbocycles. The van der Waals surface area contributed by atoms with Gasteiger partial charge in [0.2, 0.25) is 5.91 Å². The summed E-state index contributed by atoms with van der Waals surface area (Å²) < 4.78 is 13.4. The first-order valence-corrected chi connectivity index (χ1v) is 8.92. The lowest BCUT2D eigenvalue weighted by molar-refractivity contribution is -0.122. The van der Waals surface area contributed by atoms with E-state index in [1.165, 1.54) is 18.9 Å². The largest absolute Gasteiger partial charge is 0.355 e. The van der Waals surface area contributed by atoms with E-state index in [-0.39, 0.29) is 29.5 Å². The monoisotopic (exact) mass is 352 g/mol. The summed E-state index contributed by atoms with van der Waals surface area (Å²) in [6, 6.07) is 8.10. The first-order valence-electron chi connectivity index (χ1n) is 8.92. The first-order chi connectivity index (χ1) is 11.1. The molecule has 2 unspecified atom stereocenters. The predicted octanol–water partition coefficient (Wildman–Crippen LogP) is 3.32. The Labute approximate surface area is 149 Å². The highest BCUT2D eigenvalue weighted by Gasteiger charge is 2.44. The number of carbonyl (C=O) groups excluding carboxylic acids is 1. The van der Waals surface area contributed by atoms with Gasteiger partial charge in [0.25, 0.3) is 0 Å². The molecule has 1 aliphatic carbocycles. The van der Waals surface area contributed by atoms with Crippen molar-refractivity contribution in [2.75, 3.05) is 6.54 Å². The molecule has 0 radical (unpaired) electrons. The molecule has 2 atom stereocenters. The molecule has 2 saturated heterocycles. The normalized spacial score (nSPS) is 29.6. The van der Waals surface area contributed by atoms with Gasteiger partial charge in [0, 0.05) is 30.5 Å². The Morgan fingerprint density at radius 2 is 1.96 bits per heavy atom. The van der Waals surface area contributed by atoms with Crippen molar-refractivity contribution in [1.82, 2.24) is 10.6 Å². The predicted molar refractivity (Wildman–Crippen MR) is 94.9 cm³/mol. The number of piperidine rings is 1. The molecule has 2 bridgehead atoms. The second-order valence-corrected chi connectivity index (χ2v) is 7.75. The molecule has 1 amide bonds. The number of fused-ring (bicyclic) bond motifs is 2. The van der Waals surface area contributed by atoms with Crippen molar-refractivity contribution < 1.29 is 9.18 Å². The van der Waals surface area contributed by atoms with E-state index in [1.807, 2.05) is 6.07 Å². The SMILES string of the molecule is Cl.O=C(CC1CC2CCC(C1)N2)NCC1(c2cccc(F)c2)CC1. The highest BCUT2D eigenvalue weighted by atomic mass is 35.5. The molecule has 2 aliphatic heterocycles. The van der Waals surface area contributed by atoms with Crippen LogP contribution in [0, 0.1) is 11.7 Å². The van der Waals surface area contributed by atoms with E-state index in [4.69, 9.17) is 0 Å². The molecular weight excluding hydrogens is 327 g/mol. The summed E-state index contributed by atoms with van der Waals surface area (Å²) in [6.45, 7) is 0.646. The maximum Gasteiger partial charge on any atom is 0.220 e. The van der Waals surface area contributed by atoms with Crippen LogP contribution in [0.3, 0.4) is 0 Å². The Morgan fingerprint density at radius 3 is 2.58 bits per heavy atom. The van der Waals surface area contributed by atoms with E-state index in [2.05, 4.69) is 10.6 Å². The number of nitrogens with one attached hydrogen (secondary N) is 2. The van der Waals surface area contributed by atoms with Gasteiger partial charge in [-0.15, -0.1) is 12.4 Å². The van der Waals surface area contributed by atoms with Crippen molar-refractivity contribution >= 4 is 18.3 Å². The molecule has 4 rings (SSSR count). The molecule has 2 heterocycles. The average Bonchev–Trinajstić information content (AvgIpc) is 3.25. The minimum absolute atomic E-state index is 0. The van der Waals surface area contributed by atoms with Gasteiger partial charge in [-0.2, -0.15) is 0 Å². The molecule has 0 aromatic heterocycles. The van der Waals surface area contributed by atoms with Gasteiger partial charge in [-0.3, -0.25) is 4.79 Å². The fourth-order valence-electron chi connectivity index (χ4n) is 4.48. The smallest absolute Gasteiger partial charge is 0.220 e. The third-order valence-corrected chi connectivity index (χ3v) is 5.96. The number of amides is 1. The summed E-state index contributed by atoms with van der Waals surface area (Å²) in [7, 11) is 0. The maximum absolute atomic E-state index is 13.4. The fourth-order valence-corrected chi connectivity index (χ4v) is 4.48. The van der Waals surface area contributed by atoms with Gasteiger partial charge in [0.15, 0.2) is 0 Å². The molecular formula is C19H26ClFN2O.